The van der Waals surface area contributed by atoms with E-state index in [0.717, 1.165) is 42.5 Å². The van der Waals surface area contributed by atoms with Crippen LogP contribution >= 0.6 is 11.6 Å². The third-order valence-electron chi connectivity index (χ3n) is 6.71. The molecule has 36 heavy (non-hydrogen) atoms. The summed E-state index contributed by atoms with van der Waals surface area (Å²) in [6, 6.07) is 20.5. The molecule has 0 bridgehead atoms. The van der Waals surface area contributed by atoms with E-state index in [9.17, 15) is 9.59 Å². The molecule has 2 amide bonds. The van der Waals surface area contributed by atoms with Crippen LogP contribution in [0.2, 0.25) is 5.02 Å². The number of ether oxygens (including phenoxy) is 1. The van der Waals surface area contributed by atoms with E-state index >= 15 is 0 Å². The summed E-state index contributed by atoms with van der Waals surface area (Å²) in [6.45, 7) is 0.882. The Bertz CT molecular complexity index is 1240. The summed E-state index contributed by atoms with van der Waals surface area (Å²) >= 11 is 6.05. The molecule has 1 aliphatic heterocycles. The van der Waals surface area contributed by atoms with Crippen LogP contribution in [0.3, 0.4) is 0 Å². The standard InChI is InChI=1S/C29H28ClN3O3/c30-23-14-10-21(11-15-23)19-33-25-6-1-2-7-26(25)36-27(29(33)35)17-20-8-12-22(13-9-20)28(34)32-18-24-5-3-4-16-31-24/h3-5,8-17,25-26H,1-2,6-7,18-19H2,(H,32,34)/b27-17-. The number of morpholine rings is 1. The van der Waals surface area contributed by atoms with E-state index in [0.29, 0.717) is 29.4 Å². The van der Waals surface area contributed by atoms with Crippen molar-refractivity contribution >= 4 is 29.5 Å². The van der Waals surface area contributed by atoms with Crippen LogP contribution in [0.4, 0.5) is 0 Å². The Morgan fingerprint density at radius 2 is 1.83 bits per heavy atom. The second-order valence-corrected chi connectivity index (χ2v) is 9.64. The number of hydrogen-bond acceptors (Lipinski definition) is 4. The van der Waals surface area contributed by atoms with Gasteiger partial charge in [-0.15, -0.1) is 0 Å². The molecule has 2 unspecified atom stereocenters. The lowest BCUT2D eigenvalue weighted by atomic mass is 9.89. The van der Waals surface area contributed by atoms with Gasteiger partial charge in [-0.1, -0.05) is 48.4 Å². The molecule has 1 saturated carbocycles. The van der Waals surface area contributed by atoms with Crippen molar-refractivity contribution in [2.75, 3.05) is 0 Å². The highest BCUT2D eigenvalue weighted by atomic mass is 35.5. The summed E-state index contributed by atoms with van der Waals surface area (Å²) in [5.41, 5.74) is 3.18. The normalized spacial score (nSPS) is 20.5. The Hall–Kier alpha value is -3.64. The summed E-state index contributed by atoms with van der Waals surface area (Å²) in [6.07, 6.45) is 7.53. The largest absolute Gasteiger partial charge is 0.482 e. The number of benzene rings is 2. The van der Waals surface area contributed by atoms with Crippen LogP contribution in [0.5, 0.6) is 0 Å². The molecule has 6 nitrogen and oxygen atoms in total. The molecule has 2 atom stereocenters. The molecular weight excluding hydrogens is 474 g/mol. The van der Waals surface area contributed by atoms with Gasteiger partial charge in [-0.05, 0) is 72.9 Å². The highest BCUT2D eigenvalue weighted by Gasteiger charge is 2.41. The number of hydrogen-bond donors (Lipinski definition) is 1. The van der Waals surface area contributed by atoms with Crippen molar-refractivity contribution in [1.29, 1.82) is 0 Å². The van der Waals surface area contributed by atoms with Crippen LogP contribution in [0.1, 0.15) is 52.9 Å². The number of halogens is 1. The third-order valence-corrected chi connectivity index (χ3v) is 6.96. The number of rotatable bonds is 6. The maximum Gasteiger partial charge on any atom is 0.289 e. The molecule has 184 valence electrons. The second kappa shape index (κ2) is 11.0. The lowest BCUT2D eigenvalue weighted by Crippen LogP contribution is -2.54. The van der Waals surface area contributed by atoms with Gasteiger partial charge in [0, 0.05) is 23.3 Å². The van der Waals surface area contributed by atoms with Crippen molar-refractivity contribution in [1.82, 2.24) is 15.2 Å². The lowest BCUT2D eigenvalue weighted by Gasteiger charge is -2.44. The van der Waals surface area contributed by atoms with Gasteiger partial charge in [0.1, 0.15) is 6.10 Å². The lowest BCUT2D eigenvalue weighted by molar-refractivity contribution is -0.149. The zero-order chi connectivity index (χ0) is 24.9. The van der Waals surface area contributed by atoms with Crippen molar-refractivity contribution in [2.24, 2.45) is 0 Å². The monoisotopic (exact) mass is 501 g/mol. The number of carbonyl (C=O) groups is 2. The molecule has 1 aliphatic carbocycles. The van der Waals surface area contributed by atoms with E-state index < -0.39 is 0 Å². The molecule has 2 heterocycles. The predicted molar refractivity (Wildman–Crippen MR) is 139 cm³/mol. The summed E-state index contributed by atoms with van der Waals surface area (Å²) in [5, 5.41) is 3.55. The summed E-state index contributed by atoms with van der Waals surface area (Å²) in [7, 11) is 0. The number of pyridine rings is 1. The molecule has 1 saturated heterocycles. The molecule has 0 radical (unpaired) electrons. The number of aromatic nitrogens is 1. The van der Waals surface area contributed by atoms with Crippen LogP contribution in [0.15, 0.2) is 78.7 Å². The average molecular weight is 502 g/mol. The Morgan fingerprint density at radius 1 is 1.06 bits per heavy atom. The smallest absolute Gasteiger partial charge is 0.289 e. The fraction of sp³-hybridized carbons (Fsp3) is 0.276. The molecular formula is C29H28ClN3O3. The van der Waals surface area contributed by atoms with Crippen molar-refractivity contribution in [3.05, 3.63) is 106 Å². The molecule has 7 heteroatoms. The van der Waals surface area contributed by atoms with Gasteiger partial charge in [0.15, 0.2) is 5.76 Å². The molecule has 1 N–H and O–H groups in total. The highest BCUT2D eigenvalue weighted by Crippen LogP contribution is 2.34. The number of nitrogens with one attached hydrogen (secondary N) is 1. The van der Waals surface area contributed by atoms with Crippen LogP contribution < -0.4 is 5.32 Å². The van der Waals surface area contributed by atoms with Crippen molar-refractivity contribution in [3.63, 3.8) is 0 Å². The number of amides is 2. The van der Waals surface area contributed by atoms with E-state index in [1.54, 1.807) is 24.4 Å². The Labute approximate surface area is 215 Å². The molecule has 2 aliphatic rings. The van der Waals surface area contributed by atoms with Gasteiger partial charge in [-0.25, -0.2) is 0 Å². The first-order valence-corrected chi connectivity index (χ1v) is 12.7. The SMILES string of the molecule is O=C(NCc1ccccn1)c1ccc(/C=C2\OC3CCCCC3N(Cc3ccc(Cl)cc3)C2=O)cc1. The summed E-state index contributed by atoms with van der Waals surface area (Å²) in [5.74, 6) is 0.0637. The van der Waals surface area contributed by atoms with E-state index in [1.165, 1.54) is 0 Å². The third kappa shape index (κ3) is 5.60. The molecule has 1 aromatic heterocycles. The quantitative estimate of drug-likeness (QED) is 0.460. The van der Waals surface area contributed by atoms with E-state index in [4.69, 9.17) is 16.3 Å². The van der Waals surface area contributed by atoms with E-state index in [-0.39, 0.29) is 24.0 Å². The molecule has 2 aromatic carbocycles. The second-order valence-electron chi connectivity index (χ2n) is 9.20. The first-order chi connectivity index (χ1) is 17.6. The van der Waals surface area contributed by atoms with Crippen molar-refractivity contribution in [2.45, 2.75) is 50.9 Å². The van der Waals surface area contributed by atoms with Gasteiger partial charge in [0.05, 0.1) is 18.3 Å². The number of nitrogens with zero attached hydrogens (tertiary/aromatic N) is 2. The van der Waals surface area contributed by atoms with Crippen molar-refractivity contribution in [3.8, 4) is 0 Å². The highest BCUT2D eigenvalue weighted by molar-refractivity contribution is 6.30. The summed E-state index contributed by atoms with van der Waals surface area (Å²) < 4.78 is 6.22. The molecule has 0 spiro atoms. The van der Waals surface area contributed by atoms with Gasteiger partial charge in [0.25, 0.3) is 11.8 Å². The minimum Gasteiger partial charge on any atom is -0.482 e. The van der Waals surface area contributed by atoms with Gasteiger partial charge < -0.3 is 15.0 Å². The van der Waals surface area contributed by atoms with Crippen molar-refractivity contribution < 1.29 is 14.3 Å². The zero-order valence-corrected chi connectivity index (χ0v) is 20.7. The van der Waals surface area contributed by atoms with Crippen LogP contribution in [0, 0.1) is 0 Å². The zero-order valence-electron chi connectivity index (χ0n) is 19.9. The Kier molecular flexibility index (Phi) is 7.33. The Morgan fingerprint density at radius 3 is 2.58 bits per heavy atom. The molecule has 5 rings (SSSR count). The van der Waals surface area contributed by atoms with Crippen LogP contribution in [-0.4, -0.2) is 33.8 Å². The number of fused-ring (bicyclic) bond motifs is 1. The predicted octanol–water partition coefficient (Wildman–Crippen LogP) is 5.38. The van der Waals surface area contributed by atoms with Gasteiger partial charge in [-0.3, -0.25) is 14.6 Å². The van der Waals surface area contributed by atoms with E-state index in [1.807, 2.05) is 59.5 Å². The van der Waals surface area contributed by atoms with Crippen LogP contribution in [0.25, 0.3) is 6.08 Å². The van der Waals surface area contributed by atoms with E-state index in [2.05, 4.69) is 10.3 Å². The van der Waals surface area contributed by atoms with Gasteiger partial charge >= 0.3 is 0 Å². The first kappa shape index (κ1) is 24.1. The molecule has 3 aromatic rings. The van der Waals surface area contributed by atoms with Crippen LogP contribution in [-0.2, 0) is 22.6 Å². The fourth-order valence-electron chi connectivity index (χ4n) is 4.81. The van der Waals surface area contributed by atoms with Gasteiger partial charge in [0.2, 0.25) is 0 Å². The Balaban J connectivity index is 1.30. The minimum absolute atomic E-state index is 0.00773. The number of carbonyl (C=O) groups excluding carboxylic acids is 2. The first-order valence-electron chi connectivity index (χ1n) is 12.3. The maximum atomic E-state index is 13.5. The average Bonchev–Trinajstić information content (AvgIpc) is 2.92. The fourth-order valence-corrected chi connectivity index (χ4v) is 4.93. The topological polar surface area (TPSA) is 71.5 Å². The summed E-state index contributed by atoms with van der Waals surface area (Å²) in [4.78, 5) is 32.2. The maximum absolute atomic E-state index is 13.5. The minimum atomic E-state index is -0.177. The molecule has 2 fully saturated rings. The van der Waals surface area contributed by atoms with Gasteiger partial charge in [-0.2, -0.15) is 0 Å².